The first-order valence-electron chi connectivity index (χ1n) is 17.0. The van der Waals surface area contributed by atoms with E-state index in [4.69, 9.17) is 9.47 Å². The minimum absolute atomic E-state index is 0.0462. The number of hydrogen-bond acceptors (Lipinski definition) is 6. The second-order valence-electron chi connectivity index (χ2n) is 17.6. The van der Waals surface area contributed by atoms with Crippen LogP contribution in [-0.4, -0.2) is 57.8 Å². The van der Waals surface area contributed by atoms with E-state index in [1.165, 1.54) is 5.57 Å². The molecule has 5 aliphatic carbocycles. The number of carbonyl (C=O) groups excluding carboxylic acids is 1. The lowest BCUT2D eigenvalue weighted by Gasteiger charge is -2.70. The first-order chi connectivity index (χ1) is 19.8. The van der Waals surface area contributed by atoms with Crippen molar-refractivity contribution in [3.05, 3.63) is 11.6 Å². The molecule has 3 N–H and O–H groups in total. The molecule has 13 atom stereocenters. The Morgan fingerprint density at radius 2 is 1.63 bits per heavy atom. The Morgan fingerprint density at radius 1 is 0.953 bits per heavy atom. The molecule has 0 spiro atoms. The van der Waals surface area contributed by atoms with Crippen molar-refractivity contribution < 1.29 is 34.4 Å². The molecule has 0 unspecified atom stereocenters. The Balaban J connectivity index is 1.32. The van der Waals surface area contributed by atoms with Gasteiger partial charge < -0.3 is 24.8 Å². The summed E-state index contributed by atoms with van der Waals surface area (Å²) in [5.74, 6) is -0.128. The number of ketones is 1. The Kier molecular flexibility index (Phi) is 7.27. The summed E-state index contributed by atoms with van der Waals surface area (Å²) in [4.78, 5) is 27.0. The van der Waals surface area contributed by atoms with Gasteiger partial charge in [0.15, 0.2) is 12.1 Å². The fraction of sp³-hybridized carbons (Fsp3) is 0.889. The highest BCUT2D eigenvalue weighted by Gasteiger charge is 2.70. The van der Waals surface area contributed by atoms with Crippen LogP contribution in [-0.2, 0) is 19.1 Å². The van der Waals surface area contributed by atoms with Crippen LogP contribution >= 0.6 is 0 Å². The molecule has 5 fully saturated rings. The monoisotopic (exact) mass is 600 g/mol. The average molecular weight is 601 g/mol. The number of carboxylic acids is 1. The zero-order valence-corrected chi connectivity index (χ0v) is 27.7. The van der Waals surface area contributed by atoms with Crippen LogP contribution in [0.3, 0.4) is 0 Å². The first-order valence-corrected chi connectivity index (χ1v) is 17.0. The summed E-state index contributed by atoms with van der Waals surface area (Å²) < 4.78 is 12.6. The van der Waals surface area contributed by atoms with Crippen molar-refractivity contribution in [2.45, 2.75) is 150 Å². The van der Waals surface area contributed by atoms with Gasteiger partial charge in [-0.3, -0.25) is 9.59 Å². The van der Waals surface area contributed by atoms with Crippen LogP contribution in [0.1, 0.15) is 120 Å². The molecule has 242 valence electrons. The highest BCUT2D eigenvalue weighted by atomic mass is 16.7. The smallest absolute Gasteiger partial charge is 0.309 e. The molecule has 7 heteroatoms. The molecule has 1 saturated heterocycles. The molecule has 6 aliphatic rings. The van der Waals surface area contributed by atoms with Crippen molar-refractivity contribution in [2.24, 2.45) is 50.2 Å². The standard InChI is InChI=1S/C36H56O7/c1-20-28(39)23(37)18-27(42-20)43-26-10-11-34(6)25(31(26,2)3)9-12-36(8)29(34)24(38)17-21-22-19-33(5,30(40)41)14-13-32(22,4)15-16-35(21,36)7/h17,20,22-23,25-29,37,39H,9-16,18-19H2,1-8H3,(H,40,41)/t20-,22-,23-,25+,26+,27+,28-,29+,32+,33-,34-,35+,36+/m0/s1. The van der Waals surface area contributed by atoms with Crippen molar-refractivity contribution in [3.63, 3.8) is 0 Å². The first kappa shape index (κ1) is 31.7. The molecule has 0 aromatic carbocycles. The number of carbonyl (C=O) groups is 2. The van der Waals surface area contributed by atoms with Gasteiger partial charge in [-0.05, 0) is 117 Å². The van der Waals surface area contributed by atoms with Gasteiger partial charge >= 0.3 is 5.97 Å². The Labute approximate surface area is 258 Å². The maximum atomic E-state index is 14.6. The Morgan fingerprint density at radius 3 is 2.28 bits per heavy atom. The van der Waals surface area contributed by atoms with Crippen LogP contribution in [0.2, 0.25) is 0 Å². The molecule has 0 aromatic rings. The fourth-order valence-corrected chi connectivity index (χ4v) is 11.9. The molecular formula is C36H56O7. The summed E-state index contributed by atoms with van der Waals surface area (Å²) in [6.45, 7) is 17.8. The average Bonchev–Trinajstić information content (AvgIpc) is 2.91. The molecule has 4 saturated carbocycles. The quantitative estimate of drug-likeness (QED) is 0.326. The molecule has 1 heterocycles. The van der Waals surface area contributed by atoms with Gasteiger partial charge in [-0.15, -0.1) is 0 Å². The van der Waals surface area contributed by atoms with Crippen LogP contribution in [0.15, 0.2) is 11.6 Å². The summed E-state index contributed by atoms with van der Waals surface area (Å²) in [6, 6.07) is 0. The minimum atomic E-state index is -0.903. The molecule has 7 nitrogen and oxygen atoms in total. The van der Waals surface area contributed by atoms with Gasteiger partial charge in [-0.1, -0.05) is 47.1 Å². The third kappa shape index (κ3) is 4.33. The van der Waals surface area contributed by atoms with E-state index in [-0.39, 0.29) is 63.1 Å². The number of aliphatic carboxylic acids is 1. The van der Waals surface area contributed by atoms with E-state index in [0.29, 0.717) is 12.8 Å². The molecule has 1 aliphatic heterocycles. The van der Waals surface area contributed by atoms with Crippen LogP contribution < -0.4 is 0 Å². The number of aliphatic hydroxyl groups excluding tert-OH is 2. The Bertz CT molecular complexity index is 1200. The van der Waals surface area contributed by atoms with Gasteiger partial charge in [0.1, 0.15) is 6.10 Å². The molecule has 0 amide bonds. The number of allylic oxidation sites excluding steroid dienone is 2. The second-order valence-corrected chi connectivity index (χ2v) is 17.6. The van der Waals surface area contributed by atoms with E-state index in [9.17, 15) is 24.9 Å². The van der Waals surface area contributed by atoms with E-state index >= 15 is 0 Å². The van der Waals surface area contributed by atoms with Crippen molar-refractivity contribution in [1.29, 1.82) is 0 Å². The minimum Gasteiger partial charge on any atom is -0.481 e. The lowest BCUT2D eigenvalue weighted by Crippen LogP contribution is -2.67. The van der Waals surface area contributed by atoms with Crippen LogP contribution in [0.4, 0.5) is 0 Å². The number of ether oxygens (including phenoxy) is 2. The number of fused-ring (bicyclic) bond motifs is 7. The molecule has 0 aromatic heterocycles. The van der Waals surface area contributed by atoms with Gasteiger partial charge in [0.2, 0.25) is 0 Å². The zero-order chi connectivity index (χ0) is 31.5. The number of rotatable bonds is 3. The molecule has 6 rings (SSSR count). The maximum absolute atomic E-state index is 14.6. The third-order valence-electron chi connectivity index (χ3n) is 15.0. The number of carboxylic acid groups (broad SMARTS) is 1. The lowest BCUT2D eigenvalue weighted by atomic mass is 9.33. The van der Waals surface area contributed by atoms with Gasteiger partial charge in [-0.2, -0.15) is 0 Å². The zero-order valence-electron chi connectivity index (χ0n) is 27.7. The predicted octanol–water partition coefficient (Wildman–Crippen LogP) is 6.29. The molecule has 43 heavy (non-hydrogen) atoms. The predicted molar refractivity (Wildman–Crippen MR) is 163 cm³/mol. The van der Waals surface area contributed by atoms with E-state index in [2.05, 4.69) is 41.5 Å². The summed E-state index contributed by atoms with van der Waals surface area (Å²) in [5.41, 5.74) is -0.165. The number of aliphatic hydroxyl groups is 2. The highest BCUT2D eigenvalue weighted by Crippen LogP contribution is 2.75. The van der Waals surface area contributed by atoms with Gasteiger partial charge in [0.25, 0.3) is 0 Å². The van der Waals surface area contributed by atoms with Crippen LogP contribution in [0.25, 0.3) is 0 Å². The molecular weight excluding hydrogens is 544 g/mol. The van der Waals surface area contributed by atoms with Crippen molar-refractivity contribution in [1.82, 2.24) is 0 Å². The van der Waals surface area contributed by atoms with E-state index in [1.807, 2.05) is 13.0 Å². The van der Waals surface area contributed by atoms with Gasteiger partial charge in [0, 0.05) is 12.3 Å². The summed E-state index contributed by atoms with van der Waals surface area (Å²) in [6.07, 6.45) is 7.45. The molecule has 0 radical (unpaired) electrons. The largest absolute Gasteiger partial charge is 0.481 e. The second kappa shape index (κ2) is 9.86. The Hall–Kier alpha value is -1.28. The van der Waals surface area contributed by atoms with Crippen LogP contribution in [0, 0.1) is 50.2 Å². The van der Waals surface area contributed by atoms with Crippen molar-refractivity contribution in [3.8, 4) is 0 Å². The summed E-state index contributed by atoms with van der Waals surface area (Å²) in [7, 11) is 0. The normalized spacial score (nSPS) is 54.4. The SMILES string of the molecule is C[C@@H]1O[C@H](O[C@@H]2CC[C@@]3(C)[C@H](CC[C@]4(C)[C@@H]3C(=O)C=C3[C@@H]5C[C@@](C)(C(=O)O)CC[C@]5(C)CC[C@]34C)C2(C)C)C[C@H](O)[C@H]1O. The van der Waals surface area contributed by atoms with Gasteiger partial charge in [0.05, 0.1) is 23.7 Å². The van der Waals surface area contributed by atoms with Crippen molar-refractivity contribution in [2.75, 3.05) is 0 Å². The van der Waals surface area contributed by atoms with Gasteiger partial charge in [-0.25, -0.2) is 0 Å². The van der Waals surface area contributed by atoms with Crippen molar-refractivity contribution >= 4 is 11.8 Å². The summed E-state index contributed by atoms with van der Waals surface area (Å²) >= 11 is 0. The van der Waals surface area contributed by atoms with Crippen LogP contribution in [0.5, 0.6) is 0 Å². The lowest BCUT2D eigenvalue weighted by molar-refractivity contribution is -0.290. The topological polar surface area (TPSA) is 113 Å². The van der Waals surface area contributed by atoms with E-state index in [1.54, 1.807) is 6.92 Å². The van der Waals surface area contributed by atoms with E-state index in [0.717, 1.165) is 44.9 Å². The number of hydrogen-bond donors (Lipinski definition) is 3. The third-order valence-corrected chi connectivity index (χ3v) is 15.0. The maximum Gasteiger partial charge on any atom is 0.309 e. The summed E-state index contributed by atoms with van der Waals surface area (Å²) in [5, 5.41) is 30.7. The fourth-order valence-electron chi connectivity index (χ4n) is 11.9. The highest BCUT2D eigenvalue weighted by molar-refractivity contribution is 5.95. The molecule has 0 bridgehead atoms. The van der Waals surface area contributed by atoms with E-state index < -0.39 is 36.0 Å².